The Labute approximate surface area is 83.3 Å². The molecule has 0 aromatic heterocycles. The van der Waals surface area contributed by atoms with Crippen molar-refractivity contribution in [3.8, 4) is 0 Å². The number of rotatable bonds is 3. The predicted octanol–water partition coefficient (Wildman–Crippen LogP) is 4.22. The summed E-state index contributed by atoms with van der Waals surface area (Å²) >= 11 is 0. The first-order valence-corrected chi connectivity index (χ1v) is 4.92. The van der Waals surface area contributed by atoms with E-state index in [0.717, 1.165) is 0 Å². The van der Waals surface area contributed by atoms with E-state index < -0.39 is 0 Å². The molecule has 0 unspecified atom stereocenters. The smallest absolute Gasteiger partial charge is 0.0221 e. The van der Waals surface area contributed by atoms with Gasteiger partial charge in [0.05, 0.1) is 0 Å². The first-order chi connectivity index (χ1) is 6.12. The molecule has 0 rings (SSSR count). The standard InChI is InChI=1S/C10H17N.C2H6/c1-5-7-10(3,4)9-11-8-6-2;1-2/h5-9H,1-4H3;1-2H3/b7-5-,8-6-,11-9?;. The monoisotopic (exact) mass is 181 g/mol. The van der Waals surface area contributed by atoms with Crippen molar-refractivity contribution in [2.45, 2.75) is 41.5 Å². The molecule has 0 saturated carbocycles. The third kappa shape index (κ3) is 11.1. The number of allylic oxidation sites excluding steroid dienone is 3. The summed E-state index contributed by atoms with van der Waals surface area (Å²) in [5.41, 5.74) is 0.0776. The average molecular weight is 181 g/mol. The maximum Gasteiger partial charge on any atom is 0.0221 e. The zero-order valence-electron chi connectivity index (χ0n) is 9.83. The first kappa shape index (κ1) is 14.7. The molecule has 0 amide bonds. The molecule has 0 aliphatic carbocycles. The van der Waals surface area contributed by atoms with Crippen LogP contribution >= 0.6 is 0 Å². The van der Waals surface area contributed by atoms with Gasteiger partial charge in [0, 0.05) is 17.8 Å². The molecule has 1 heteroatoms. The minimum absolute atomic E-state index is 0.0776. The summed E-state index contributed by atoms with van der Waals surface area (Å²) in [6.45, 7) is 12.2. The number of hydrogen-bond donors (Lipinski definition) is 0. The van der Waals surface area contributed by atoms with Crippen LogP contribution in [0.1, 0.15) is 41.5 Å². The fourth-order valence-corrected chi connectivity index (χ4v) is 0.794. The maximum absolute atomic E-state index is 4.12. The van der Waals surface area contributed by atoms with Crippen molar-refractivity contribution >= 4 is 6.21 Å². The van der Waals surface area contributed by atoms with Gasteiger partial charge in [0.2, 0.25) is 0 Å². The van der Waals surface area contributed by atoms with E-state index in [4.69, 9.17) is 0 Å². The molecule has 0 spiro atoms. The highest BCUT2D eigenvalue weighted by molar-refractivity contribution is 5.67. The quantitative estimate of drug-likeness (QED) is 0.456. The van der Waals surface area contributed by atoms with Crippen LogP contribution < -0.4 is 0 Å². The summed E-state index contributed by atoms with van der Waals surface area (Å²) in [5, 5.41) is 0. The highest BCUT2D eigenvalue weighted by Crippen LogP contribution is 2.13. The second kappa shape index (κ2) is 9.24. The Hall–Kier alpha value is -0.850. The van der Waals surface area contributed by atoms with Gasteiger partial charge >= 0.3 is 0 Å². The molecule has 0 aliphatic rings. The van der Waals surface area contributed by atoms with Crippen molar-refractivity contribution in [1.29, 1.82) is 0 Å². The molecule has 0 atom stereocenters. The van der Waals surface area contributed by atoms with E-state index in [2.05, 4.69) is 24.9 Å². The second-order valence-electron chi connectivity index (χ2n) is 3.08. The van der Waals surface area contributed by atoms with Gasteiger partial charge in [-0.2, -0.15) is 0 Å². The molecular formula is C12H23N. The Morgan fingerprint density at radius 1 is 1.00 bits per heavy atom. The van der Waals surface area contributed by atoms with Gasteiger partial charge in [0.15, 0.2) is 0 Å². The van der Waals surface area contributed by atoms with Crippen LogP contribution in [0.2, 0.25) is 0 Å². The molecule has 0 aliphatic heterocycles. The van der Waals surface area contributed by atoms with Crippen LogP contribution in [0.3, 0.4) is 0 Å². The van der Waals surface area contributed by atoms with E-state index in [1.54, 1.807) is 6.20 Å². The van der Waals surface area contributed by atoms with Gasteiger partial charge in [0.1, 0.15) is 0 Å². The van der Waals surface area contributed by atoms with E-state index in [1.165, 1.54) is 0 Å². The second-order valence-corrected chi connectivity index (χ2v) is 3.08. The number of nitrogens with zero attached hydrogens (tertiary/aromatic N) is 1. The highest BCUT2D eigenvalue weighted by atomic mass is 14.7. The van der Waals surface area contributed by atoms with Gasteiger partial charge in [-0.3, -0.25) is 4.99 Å². The molecule has 0 fully saturated rings. The maximum atomic E-state index is 4.12. The summed E-state index contributed by atoms with van der Waals surface area (Å²) in [6, 6.07) is 0. The molecule has 0 bridgehead atoms. The van der Waals surface area contributed by atoms with E-state index in [1.807, 2.05) is 46.1 Å². The fraction of sp³-hybridized carbons (Fsp3) is 0.583. The van der Waals surface area contributed by atoms with E-state index >= 15 is 0 Å². The fourth-order valence-electron chi connectivity index (χ4n) is 0.794. The van der Waals surface area contributed by atoms with Crippen molar-refractivity contribution in [2.24, 2.45) is 10.4 Å². The van der Waals surface area contributed by atoms with Crippen LogP contribution in [-0.4, -0.2) is 6.21 Å². The predicted molar refractivity (Wildman–Crippen MR) is 63.2 cm³/mol. The lowest BCUT2D eigenvalue weighted by molar-refractivity contribution is 0.692. The van der Waals surface area contributed by atoms with Crippen LogP contribution in [-0.2, 0) is 0 Å². The van der Waals surface area contributed by atoms with Crippen molar-refractivity contribution in [3.05, 3.63) is 24.4 Å². The van der Waals surface area contributed by atoms with Crippen molar-refractivity contribution in [2.75, 3.05) is 0 Å². The Balaban J connectivity index is 0. The van der Waals surface area contributed by atoms with Gasteiger partial charge in [0.25, 0.3) is 0 Å². The van der Waals surface area contributed by atoms with Crippen LogP contribution in [0.15, 0.2) is 29.4 Å². The molecular weight excluding hydrogens is 158 g/mol. The molecule has 13 heavy (non-hydrogen) atoms. The van der Waals surface area contributed by atoms with Crippen LogP contribution in [0, 0.1) is 5.41 Å². The van der Waals surface area contributed by atoms with E-state index in [9.17, 15) is 0 Å². The van der Waals surface area contributed by atoms with Crippen molar-refractivity contribution in [1.82, 2.24) is 0 Å². The third-order valence-electron chi connectivity index (χ3n) is 1.24. The van der Waals surface area contributed by atoms with Crippen LogP contribution in [0.5, 0.6) is 0 Å². The molecule has 0 radical (unpaired) electrons. The Bertz CT molecular complexity index is 174. The Morgan fingerprint density at radius 2 is 1.54 bits per heavy atom. The lowest BCUT2D eigenvalue weighted by Gasteiger charge is -2.11. The number of aliphatic imine (C=N–C) groups is 1. The minimum atomic E-state index is 0.0776. The lowest BCUT2D eigenvalue weighted by atomic mass is 9.95. The van der Waals surface area contributed by atoms with E-state index in [-0.39, 0.29) is 5.41 Å². The summed E-state index contributed by atoms with van der Waals surface area (Å²) in [6.07, 6.45) is 9.82. The van der Waals surface area contributed by atoms with Gasteiger partial charge in [-0.05, 0) is 13.8 Å². The van der Waals surface area contributed by atoms with Crippen molar-refractivity contribution in [3.63, 3.8) is 0 Å². The van der Waals surface area contributed by atoms with Gasteiger partial charge in [-0.1, -0.05) is 45.9 Å². The summed E-state index contributed by atoms with van der Waals surface area (Å²) in [7, 11) is 0. The molecule has 0 saturated heterocycles. The van der Waals surface area contributed by atoms with Gasteiger partial charge < -0.3 is 0 Å². The van der Waals surface area contributed by atoms with Crippen LogP contribution in [0.25, 0.3) is 0 Å². The molecule has 1 nitrogen and oxygen atoms in total. The SMILES string of the molecule is C/C=C\N=CC(C)(C)/C=C\C.CC. The topological polar surface area (TPSA) is 12.4 Å². The van der Waals surface area contributed by atoms with E-state index in [0.29, 0.717) is 0 Å². The zero-order chi connectivity index (χ0) is 10.7. The van der Waals surface area contributed by atoms with Crippen LogP contribution in [0.4, 0.5) is 0 Å². The van der Waals surface area contributed by atoms with Gasteiger partial charge in [-0.15, -0.1) is 0 Å². The average Bonchev–Trinajstić information content (AvgIpc) is 2.08. The largest absolute Gasteiger partial charge is 0.269 e. The molecule has 0 aromatic rings. The summed E-state index contributed by atoms with van der Waals surface area (Å²) in [5.74, 6) is 0. The lowest BCUT2D eigenvalue weighted by Crippen LogP contribution is -2.07. The molecule has 0 heterocycles. The normalized spacial score (nSPS) is 12.5. The zero-order valence-corrected chi connectivity index (χ0v) is 9.83. The number of hydrogen-bond acceptors (Lipinski definition) is 1. The Morgan fingerprint density at radius 3 is 1.92 bits per heavy atom. The Kier molecular flexibility index (Phi) is 10.4. The minimum Gasteiger partial charge on any atom is -0.269 e. The highest BCUT2D eigenvalue weighted by Gasteiger charge is 2.07. The molecule has 76 valence electrons. The van der Waals surface area contributed by atoms with Crippen molar-refractivity contribution < 1.29 is 0 Å². The molecule has 0 N–H and O–H groups in total. The van der Waals surface area contributed by atoms with Gasteiger partial charge in [-0.25, -0.2) is 0 Å². The summed E-state index contributed by atoms with van der Waals surface area (Å²) < 4.78 is 0. The third-order valence-corrected chi connectivity index (χ3v) is 1.24. The molecule has 0 aromatic carbocycles. The summed E-state index contributed by atoms with van der Waals surface area (Å²) in [4.78, 5) is 4.12. The first-order valence-electron chi connectivity index (χ1n) is 4.92.